The van der Waals surface area contributed by atoms with Crippen LogP contribution in [0.25, 0.3) is 0 Å². The molecule has 12 heavy (non-hydrogen) atoms. The lowest BCUT2D eigenvalue weighted by Gasteiger charge is -2.09. The van der Waals surface area contributed by atoms with E-state index in [1.807, 2.05) is 0 Å². The van der Waals surface area contributed by atoms with Gasteiger partial charge in [-0.15, -0.1) is 11.3 Å². The van der Waals surface area contributed by atoms with Crippen LogP contribution in [0.1, 0.15) is 6.42 Å². The van der Waals surface area contributed by atoms with Gasteiger partial charge in [-0.05, 0) is 35.0 Å². The fraction of sp³-hybridized carbons (Fsp3) is 0.500. The minimum atomic E-state index is 0.621. The van der Waals surface area contributed by atoms with Gasteiger partial charge in [0.2, 0.25) is 0 Å². The second kappa shape index (κ2) is 3.77. The zero-order chi connectivity index (χ0) is 8.39. The molecule has 2 rings (SSSR count). The Balaban J connectivity index is 1.94. The molecule has 1 fully saturated rings. The van der Waals surface area contributed by atoms with Gasteiger partial charge in [0.1, 0.15) is 0 Å². The van der Waals surface area contributed by atoms with E-state index in [-0.39, 0.29) is 0 Å². The molecule has 4 heteroatoms. The zero-order valence-corrected chi connectivity index (χ0v) is 9.04. The third kappa shape index (κ3) is 2.00. The lowest BCUT2D eigenvalue weighted by molar-refractivity contribution is 0.796. The molecular weight excluding hydrogens is 236 g/mol. The Kier molecular flexibility index (Phi) is 2.68. The van der Waals surface area contributed by atoms with Gasteiger partial charge < -0.3 is 10.6 Å². The first-order chi connectivity index (χ1) is 5.84. The molecule has 66 valence electrons. The van der Waals surface area contributed by atoms with Gasteiger partial charge in [-0.3, -0.25) is 0 Å². The van der Waals surface area contributed by atoms with Crippen molar-refractivity contribution in [2.24, 2.45) is 0 Å². The van der Waals surface area contributed by atoms with Gasteiger partial charge in [0, 0.05) is 22.4 Å². The Bertz CT molecular complexity index is 255. The maximum Gasteiger partial charge on any atom is 0.0896 e. The van der Waals surface area contributed by atoms with Crippen molar-refractivity contribution in [1.82, 2.24) is 5.32 Å². The summed E-state index contributed by atoms with van der Waals surface area (Å²) in [6.45, 7) is 2.24. The maximum atomic E-state index is 3.49. The number of hydrogen-bond acceptors (Lipinski definition) is 3. The molecule has 1 aromatic heterocycles. The number of nitrogens with one attached hydrogen (secondary N) is 2. The van der Waals surface area contributed by atoms with E-state index in [4.69, 9.17) is 0 Å². The summed E-state index contributed by atoms with van der Waals surface area (Å²) in [5, 5.41) is 10.2. The Morgan fingerprint density at radius 2 is 2.58 bits per heavy atom. The van der Waals surface area contributed by atoms with E-state index in [0.29, 0.717) is 6.04 Å². The van der Waals surface area contributed by atoms with Crippen molar-refractivity contribution in [3.8, 4) is 0 Å². The van der Waals surface area contributed by atoms with E-state index in [2.05, 4.69) is 38.0 Å². The molecule has 1 unspecified atom stereocenters. The summed E-state index contributed by atoms with van der Waals surface area (Å²) in [5.74, 6) is 0. The summed E-state index contributed by atoms with van der Waals surface area (Å²) in [7, 11) is 0. The minimum Gasteiger partial charge on any atom is -0.373 e. The predicted octanol–water partition coefficient (Wildman–Crippen LogP) is 2.28. The van der Waals surface area contributed by atoms with E-state index in [1.54, 1.807) is 11.3 Å². The summed E-state index contributed by atoms with van der Waals surface area (Å²) in [4.78, 5) is 0. The molecule has 1 aromatic rings. The molecule has 1 saturated heterocycles. The van der Waals surface area contributed by atoms with Crippen LogP contribution in [0.5, 0.6) is 0 Å². The average molecular weight is 247 g/mol. The highest BCUT2D eigenvalue weighted by Gasteiger charge is 2.13. The average Bonchev–Trinajstić information content (AvgIpc) is 2.63. The molecule has 0 aromatic carbocycles. The van der Waals surface area contributed by atoms with Crippen molar-refractivity contribution in [3.63, 3.8) is 0 Å². The highest BCUT2D eigenvalue weighted by molar-refractivity contribution is 9.10. The second-order valence-electron chi connectivity index (χ2n) is 2.96. The monoisotopic (exact) mass is 246 g/mol. The SMILES string of the molecule is Brc1csc(NC2CCNC2)c1. The van der Waals surface area contributed by atoms with Crippen molar-refractivity contribution in [2.75, 3.05) is 18.4 Å². The number of rotatable bonds is 2. The minimum absolute atomic E-state index is 0.621. The first kappa shape index (κ1) is 8.53. The van der Waals surface area contributed by atoms with Gasteiger partial charge in [0.05, 0.1) is 5.00 Å². The molecule has 0 saturated carbocycles. The van der Waals surface area contributed by atoms with E-state index >= 15 is 0 Å². The van der Waals surface area contributed by atoms with Crippen LogP contribution in [0.15, 0.2) is 15.9 Å². The summed E-state index contributed by atoms with van der Waals surface area (Å²) >= 11 is 5.19. The van der Waals surface area contributed by atoms with E-state index in [9.17, 15) is 0 Å². The van der Waals surface area contributed by atoms with Gasteiger partial charge in [-0.1, -0.05) is 0 Å². The molecule has 0 amide bonds. The highest BCUT2D eigenvalue weighted by atomic mass is 79.9. The molecule has 0 bridgehead atoms. The Hall–Kier alpha value is -0.0600. The second-order valence-corrected chi connectivity index (χ2v) is 4.79. The summed E-state index contributed by atoms with van der Waals surface area (Å²) in [6.07, 6.45) is 1.23. The molecule has 2 N–H and O–H groups in total. The van der Waals surface area contributed by atoms with Crippen LogP contribution in [0.3, 0.4) is 0 Å². The number of halogens is 1. The fourth-order valence-corrected chi connectivity index (χ4v) is 2.77. The van der Waals surface area contributed by atoms with Crippen LogP contribution in [0.4, 0.5) is 5.00 Å². The van der Waals surface area contributed by atoms with Gasteiger partial charge in [-0.25, -0.2) is 0 Å². The van der Waals surface area contributed by atoms with Gasteiger partial charge >= 0.3 is 0 Å². The summed E-state index contributed by atoms with van der Waals surface area (Å²) < 4.78 is 1.17. The van der Waals surface area contributed by atoms with Crippen LogP contribution in [0, 0.1) is 0 Å². The Labute approximate surface area is 84.5 Å². The van der Waals surface area contributed by atoms with Crippen molar-refractivity contribution in [3.05, 3.63) is 15.9 Å². The van der Waals surface area contributed by atoms with Crippen molar-refractivity contribution in [1.29, 1.82) is 0 Å². The van der Waals surface area contributed by atoms with Gasteiger partial charge in [-0.2, -0.15) is 0 Å². The number of anilines is 1. The molecule has 0 aliphatic carbocycles. The van der Waals surface area contributed by atoms with Gasteiger partial charge in [0.15, 0.2) is 0 Å². The van der Waals surface area contributed by atoms with Gasteiger partial charge in [0.25, 0.3) is 0 Å². The standard InChI is InChI=1S/C8H11BrN2S/c9-6-3-8(12-5-6)11-7-1-2-10-4-7/h3,5,7,10-11H,1-2,4H2. The number of hydrogen-bond donors (Lipinski definition) is 2. The largest absolute Gasteiger partial charge is 0.373 e. The first-order valence-electron chi connectivity index (χ1n) is 4.06. The lowest BCUT2D eigenvalue weighted by Crippen LogP contribution is -2.21. The molecule has 2 nitrogen and oxygen atoms in total. The van der Waals surface area contributed by atoms with Crippen LogP contribution in [-0.4, -0.2) is 19.1 Å². The molecule has 1 atom stereocenters. The normalized spacial score (nSPS) is 22.9. The maximum absolute atomic E-state index is 3.49. The molecule has 0 radical (unpaired) electrons. The smallest absolute Gasteiger partial charge is 0.0896 e. The quantitative estimate of drug-likeness (QED) is 0.837. The van der Waals surface area contributed by atoms with E-state index < -0.39 is 0 Å². The molecular formula is C8H11BrN2S. The van der Waals surface area contributed by atoms with Crippen LogP contribution < -0.4 is 10.6 Å². The Morgan fingerprint density at radius 3 is 3.17 bits per heavy atom. The zero-order valence-electron chi connectivity index (χ0n) is 6.64. The lowest BCUT2D eigenvalue weighted by atomic mass is 10.3. The Morgan fingerprint density at radius 1 is 1.67 bits per heavy atom. The van der Waals surface area contributed by atoms with Crippen LogP contribution in [0.2, 0.25) is 0 Å². The molecule has 2 heterocycles. The van der Waals surface area contributed by atoms with Crippen molar-refractivity contribution in [2.45, 2.75) is 12.5 Å². The fourth-order valence-electron chi connectivity index (χ4n) is 1.37. The van der Waals surface area contributed by atoms with E-state index in [0.717, 1.165) is 13.1 Å². The van der Waals surface area contributed by atoms with Crippen molar-refractivity contribution >= 4 is 32.3 Å². The predicted molar refractivity (Wildman–Crippen MR) is 56.9 cm³/mol. The third-order valence-corrected chi connectivity index (χ3v) is 3.60. The third-order valence-electron chi connectivity index (χ3n) is 1.97. The molecule has 1 aliphatic rings. The topological polar surface area (TPSA) is 24.1 Å². The van der Waals surface area contributed by atoms with E-state index in [1.165, 1.54) is 15.9 Å². The van der Waals surface area contributed by atoms with Crippen LogP contribution >= 0.6 is 27.3 Å². The molecule has 1 aliphatic heterocycles. The van der Waals surface area contributed by atoms with Crippen LogP contribution in [-0.2, 0) is 0 Å². The first-order valence-corrected chi connectivity index (χ1v) is 5.73. The highest BCUT2D eigenvalue weighted by Crippen LogP contribution is 2.25. The molecule has 0 spiro atoms. The summed E-state index contributed by atoms with van der Waals surface area (Å²) in [5.41, 5.74) is 0. The van der Waals surface area contributed by atoms with Crippen molar-refractivity contribution < 1.29 is 0 Å². The summed E-state index contributed by atoms with van der Waals surface area (Å²) in [6, 6.07) is 2.75. The number of thiophene rings is 1.